The molecule has 0 aliphatic carbocycles. The van der Waals surface area contributed by atoms with Crippen molar-refractivity contribution >= 4 is 12.4 Å². The van der Waals surface area contributed by atoms with Crippen molar-refractivity contribution in [3.63, 3.8) is 0 Å². The number of carbonyl (C=O) groups is 2. The Kier molecular flexibility index (Phi) is 5.05. The van der Waals surface area contributed by atoms with E-state index in [-0.39, 0.29) is 17.8 Å². The Morgan fingerprint density at radius 2 is 1.48 bits per heavy atom. The van der Waals surface area contributed by atoms with Gasteiger partial charge in [0.25, 0.3) is 6.47 Å². The van der Waals surface area contributed by atoms with Crippen LogP contribution in [0, 0.1) is 0 Å². The van der Waals surface area contributed by atoms with E-state index in [1.165, 1.54) is 48.5 Å². The fraction of sp³-hybridized carbons (Fsp3) is 0.176. The van der Waals surface area contributed by atoms with E-state index in [4.69, 9.17) is 5.11 Å². The van der Waals surface area contributed by atoms with Crippen molar-refractivity contribution < 1.29 is 28.2 Å². The molecule has 0 atom stereocenters. The van der Waals surface area contributed by atoms with Gasteiger partial charge in [0.1, 0.15) is 19.1 Å². The second-order valence-corrected chi connectivity index (χ2v) is 4.97. The third kappa shape index (κ3) is 3.21. The van der Waals surface area contributed by atoms with Crippen LogP contribution in [0.15, 0.2) is 48.5 Å². The third-order valence-electron chi connectivity index (χ3n) is 3.73. The predicted octanol–water partition coefficient (Wildman–Crippen LogP) is 3.15. The van der Waals surface area contributed by atoms with E-state index in [1.807, 2.05) is 0 Å². The summed E-state index contributed by atoms with van der Waals surface area (Å²) in [6.07, 6.45) is 0. The van der Waals surface area contributed by atoms with E-state index >= 15 is 0 Å². The standard InChI is InChI=1S/C17H14F2O4/c18-9-17(10-19,13-3-1-12(2-4-13)16(21)22)14-5-7-15(8-6-14)23-11-20/h1-8,11H,9-10H2,(H,21,22). The van der Waals surface area contributed by atoms with Crippen LogP contribution in [0.1, 0.15) is 21.5 Å². The highest BCUT2D eigenvalue weighted by atomic mass is 19.1. The zero-order chi connectivity index (χ0) is 16.9. The van der Waals surface area contributed by atoms with Crippen LogP contribution in [-0.4, -0.2) is 30.9 Å². The molecule has 0 radical (unpaired) electrons. The fourth-order valence-corrected chi connectivity index (χ4v) is 2.35. The van der Waals surface area contributed by atoms with Gasteiger partial charge in [-0.2, -0.15) is 0 Å². The number of aromatic carboxylic acids is 1. The van der Waals surface area contributed by atoms with Crippen LogP contribution in [0.4, 0.5) is 8.78 Å². The summed E-state index contributed by atoms with van der Waals surface area (Å²) < 4.78 is 32.2. The molecule has 0 saturated carbocycles. The molecule has 0 aliphatic heterocycles. The van der Waals surface area contributed by atoms with Gasteiger partial charge in [-0.05, 0) is 35.4 Å². The number of carbonyl (C=O) groups excluding carboxylic acids is 1. The van der Waals surface area contributed by atoms with E-state index in [0.717, 1.165) is 0 Å². The molecular formula is C17H14F2O4. The monoisotopic (exact) mass is 320 g/mol. The van der Waals surface area contributed by atoms with E-state index in [9.17, 15) is 18.4 Å². The summed E-state index contributed by atoms with van der Waals surface area (Å²) in [6.45, 7) is -1.73. The van der Waals surface area contributed by atoms with Crippen LogP contribution >= 0.6 is 0 Å². The second kappa shape index (κ2) is 7.00. The lowest BCUT2D eigenvalue weighted by Gasteiger charge is -2.29. The van der Waals surface area contributed by atoms with E-state index in [2.05, 4.69) is 4.74 Å². The van der Waals surface area contributed by atoms with Gasteiger partial charge in [0.05, 0.1) is 11.0 Å². The van der Waals surface area contributed by atoms with Crippen molar-refractivity contribution in [2.24, 2.45) is 0 Å². The summed E-state index contributed by atoms with van der Waals surface area (Å²) in [7, 11) is 0. The maximum absolute atomic E-state index is 13.7. The Morgan fingerprint density at radius 3 is 1.87 bits per heavy atom. The summed E-state index contributed by atoms with van der Waals surface area (Å²) in [6, 6.07) is 11.2. The SMILES string of the molecule is O=COc1ccc(C(CF)(CF)c2ccc(C(=O)O)cc2)cc1. The number of rotatable bonds is 7. The van der Waals surface area contributed by atoms with Crippen LogP contribution < -0.4 is 4.74 Å². The molecule has 0 bridgehead atoms. The zero-order valence-electron chi connectivity index (χ0n) is 12.0. The molecule has 0 spiro atoms. The lowest BCUT2D eigenvalue weighted by atomic mass is 9.76. The first-order valence-corrected chi connectivity index (χ1v) is 6.74. The molecule has 0 saturated heterocycles. The minimum atomic E-state index is -1.53. The third-order valence-corrected chi connectivity index (χ3v) is 3.73. The van der Waals surface area contributed by atoms with Gasteiger partial charge in [0.15, 0.2) is 0 Å². The first-order valence-electron chi connectivity index (χ1n) is 6.74. The van der Waals surface area contributed by atoms with E-state index in [1.54, 1.807) is 0 Å². The van der Waals surface area contributed by atoms with Gasteiger partial charge in [-0.25, -0.2) is 13.6 Å². The molecule has 2 aromatic rings. The number of ether oxygens (including phenoxy) is 1. The normalized spacial score (nSPS) is 11.0. The molecular weight excluding hydrogens is 306 g/mol. The average Bonchev–Trinajstić information content (AvgIpc) is 2.58. The Balaban J connectivity index is 2.45. The van der Waals surface area contributed by atoms with E-state index < -0.39 is 24.7 Å². The summed E-state index contributed by atoms with van der Waals surface area (Å²) in [5.41, 5.74) is -0.799. The zero-order valence-corrected chi connectivity index (χ0v) is 12.0. The molecule has 0 aromatic heterocycles. The summed E-state index contributed by atoms with van der Waals surface area (Å²) in [4.78, 5) is 21.2. The Labute approximate surface area is 131 Å². The smallest absolute Gasteiger partial charge is 0.335 e. The molecule has 0 heterocycles. The molecule has 0 aliphatic rings. The minimum absolute atomic E-state index is 0.0371. The van der Waals surface area contributed by atoms with Gasteiger partial charge in [-0.1, -0.05) is 24.3 Å². The molecule has 0 amide bonds. The highest BCUT2D eigenvalue weighted by molar-refractivity contribution is 5.87. The van der Waals surface area contributed by atoms with Gasteiger partial charge in [0, 0.05) is 0 Å². The van der Waals surface area contributed by atoms with Crippen LogP contribution in [0.25, 0.3) is 0 Å². The number of alkyl halides is 2. The first-order chi connectivity index (χ1) is 11.1. The van der Waals surface area contributed by atoms with Gasteiger partial charge in [-0.15, -0.1) is 0 Å². The largest absolute Gasteiger partial charge is 0.478 e. The number of carboxylic acids is 1. The molecule has 1 N–H and O–H groups in total. The quantitative estimate of drug-likeness (QED) is 0.796. The fourth-order valence-electron chi connectivity index (χ4n) is 2.35. The lowest BCUT2D eigenvalue weighted by molar-refractivity contribution is -0.120. The molecule has 120 valence electrons. The Hall–Kier alpha value is -2.76. The van der Waals surface area contributed by atoms with Gasteiger partial charge >= 0.3 is 5.97 Å². The summed E-state index contributed by atoms with van der Waals surface area (Å²) in [5.74, 6) is -0.852. The van der Waals surface area contributed by atoms with Gasteiger partial charge < -0.3 is 9.84 Å². The first kappa shape index (κ1) is 16.6. The van der Waals surface area contributed by atoms with Crippen LogP contribution in [-0.2, 0) is 10.2 Å². The topological polar surface area (TPSA) is 63.6 Å². The van der Waals surface area contributed by atoms with E-state index in [0.29, 0.717) is 11.1 Å². The average molecular weight is 320 g/mol. The van der Waals surface area contributed by atoms with Gasteiger partial charge in [-0.3, -0.25) is 4.79 Å². The molecule has 0 fully saturated rings. The van der Waals surface area contributed by atoms with Crippen molar-refractivity contribution in [1.29, 1.82) is 0 Å². The van der Waals surface area contributed by atoms with Crippen LogP contribution in [0.5, 0.6) is 5.75 Å². The number of halogens is 2. The number of benzene rings is 2. The number of carboxylic acid groups (broad SMARTS) is 1. The Morgan fingerprint density at radius 1 is 1.00 bits per heavy atom. The highest BCUT2D eigenvalue weighted by Gasteiger charge is 2.35. The number of hydrogen-bond donors (Lipinski definition) is 1. The van der Waals surface area contributed by atoms with Gasteiger partial charge in [0.2, 0.25) is 0 Å². The molecule has 0 unspecified atom stereocenters. The molecule has 23 heavy (non-hydrogen) atoms. The summed E-state index contributed by atoms with van der Waals surface area (Å²) in [5, 5.41) is 8.90. The predicted molar refractivity (Wildman–Crippen MR) is 79.3 cm³/mol. The van der Waals surface area contributed by atoms with Crippen LogP contribution in [0.2, 0.25) is 0 Å². The minimum Gasteiger partial charge on any atom is -0.478 e. The summed E-state index contributed by atoms with van der Waals surface area (Å²) >= 11 is 0. The van der Waals surface area contributed by atoms with Crippen molar-refractivity contribution in [2.75, 3.05) is 13.3 Å². The van der Waals surface area contributed by atoms with Crippen molar-refractivity contribution in [3.8, 4) is 5.75 Å². The lowest BCUT2D eigenvalue weighted by Crippen LogP contribution is -2.32. The second-order valence-electron chi connectivity index (χ2n) is 4.97. The van der Waals surface area contributed by atoms with Crippen LogP contribution in [0.3, 0.4) is 0 Å². The molecule has 6 heteroatoms. The maximum atomic E-state index is 13.7. The molecule has 2 rings (SSSR count). The Bertz CT molecular complexity index is 677. The molecule has 4 nitrogen and oxygen atoms in total. The van der Waals surface area contributed by atoms with Crippen molar-refractivity contribution in [3.05, 3.63) is 65.2 Å². The highest BCUT2D eigenvalue weighted by Crippen LogP contribution is 2.34. The number of hydrogen-bond acceptors (Lipinski definition) is 3. The van der Waals surface area contributed by atoms with Crippen molar-refractivity contribution in [2.45, 2.75) is 5.41 Å². The maximum Gasteiger partial charge on any atom is 0.335 e. The molecule has 2 aromatic carbocycles. The van der Waals surface area contributed by atoms with Crippen molar-refractivity contribution in [1.82, 2.24) is 0 Å².